The molecular weight excluding hydrogens is 362 g/mol. The largest absolute Gasteiger partial charge is 0.350 e. The van der Waals surface area contributed by atoms with Crippen LogP contribution in [0.25, 0.3) is 0 Å². The van der Waals surface area contributed by atoms with Gasteiger partial charge >= 0.3 is 0 Å². The summed E-state index contributed by atoms with van der Waals surface area (Å²) in [6.07, 6.45) is 3.92. The van der Waals surface area contributed by atoms with Crippen molar-refractivity contribution in [2.75, 3.05) is 26.2 Å². The van der Waals surface area contributed by atoms with Gasteiger partial charge in [0.05, 0.1) is 6.04 Å². The molecule has 0 unspecified atom stereocenters. The minimum absolute atomic E-state index is 0.0991. The summed E-state index contributed by atoms with van der Waals surface area (Å²) in [5, 5.41) is 3.70. The molecule has 2 bridgehead atoms. The van der Waals surface area contributed by atoms with Gasteiger partial charge in [-0.2, -0.15) is 0 Å². The summed E-state index contributed by atoms with van der Waals surface area (Å²) in [6.45, 7) is 5.91. The maximum atomic E-state index is 12.8. The van der Waals surface area contributed by atoms with E-state index in [1.165, 1.54) is 6.42 Å². The van der Waals surface area contributed by atoms with E-state index in [0.717, 1.165) is 32.5 Å². The van der Waals surface area contributed by atoms with Crippen LogP contribution in [0.2, 0.25) is 5.02 Å². The summed E-state index contributed by atoms with van der Waals surface area (Å²) in [5.74, 6) is 1.19. The second-order valence-corrected chi connectivity index (χ2v) is 8.59. The van der Waals surface area contributed by atoms with Crippen molar-refractivity contribution in [1.82, 2.24) is 15.1 Å². The minimum atomic E-state index is -0.0991. The average molecular weight is 390 g/mol. The number of halogens is 1. The monoisotopic (exact) mass is 389 g/mol. The summed E-state index contributed by atoms with van der Waals surface area (Å²) >= 11 is 5.91. The lowest BCUT2D eigenvalue weighted by molar-refractivity contribution is -0.152. The topological polar surface area (TPSA) is 52.7 Å². The van der Waals surface area contributed by atoms with E-state index in [2.05, 4.69) is 22.0 Å². The van der Waals surface area contributed by atoms with Gasteiger partial charge in [0, 0.05) is 42.7 Å². The number of hydrogen-bond donors (Lipinski definition) is 1. The van der Waals surface area contributed by atoms with Crippen LogP contribution < -0.4 is 5.32 Å². The Balaban J connectivity index is 1.50. The molecule has 3 heterocycles. The molecule has 1 aromatic carbocycles. The zero-order valence-electron chi connectivity index (χ0n) is 15.9. The van der Waals surface area contributed by atoms with Crippen LogP contribution in [0, 0.1) is 11.8 Å². The van der Waals surface area contributed by atoms with Gasteiger partial charge in [0.1, 0.15) is 0 Å². The zero-order chi connectivity index (χ0) is 19.0. The number of piperidine rings is 3. The van der Waals surface area contributed by atoms with Crippen molar-refractivity contribution in [3.05, 3.63) is 34.9 Å². The number of nitrogens with zero attached hydrogens (tertiary/aromatic N) is 2. The van der Waals surface area contributed by atoms with Gasteiger partial charge in [0.2, 0.25) is 5.91 Å². The Hall–Kier alpha value is -1.59. The fourth-order valence-corrected chi connectivity index (χ4v) is 5.42. The molecule has 4 atom stereocenters. The summed E-state index contributed by atoms with van der Waals surface area (Å²) in [7, 11) is 0. The number of fused-ring (bicyclic) bond motifs is 4. The lowest BCUT2D eigenvalue weighted by Gasteiger charge is -2.56. The molecule has 5 nitrogen and oxygen atoms in total. The molecular formula is C21H28ClN3O2. The molecule has 27 heavy (non-hydrogen) atoms. The number of rotatable bonds is 4. The van der Waals surface area contributed by atoms with Crippen molar-refractivity contribution in [1.29, 1.82) is 0 Å². The molecule has 146 valence electrons. The lowest BCUT2D eigenvalue weighted by atomic mass is 9.72. The van der Waals surface area contributed by atoms with Crippen molar-refractivity contribution in [3.63, 3.8) is 0 Å². The highest BCUT2D eigenvalue weighted by atomic mass is 35.5. The Kier molecular flexibility index (Phi) is 5.42. The van der Waals surface area contributed by atoms with Crippen LogP contribution in [0.3, 0.4) is 0 Å². The molecule has 3 aliphatic heterocycles. The van der Waals surface area contributed by atoms with E-state index < -0.39 is 0 Å². The zero-order valence-corrected chi connectivity index (χ0v) is 16.6. The van der Waals surface area contributed by atoms with E-state index in [-0.39, 0.29) is 17.9 Å². The summed E-state index contributed by atoms with van der Waals surface area (Å²) < 4.78 is 0. The minimum Gasteiger partial charge on any atom is -0.350 e. The maximum absolute atomic E-state index is 12.8. The molecule has 1 N–H and O–H groups in total. The molecule has 0 spiro atoms. The van der Waals surface area contributed by atoms with Crippen LogP contribution in [0.4, 0.5) is 0 Å². The van der Waals surface area contributed by atoms with Crippen LogP contribution in [-0.2, 0) is 4.79 Å². The van der Waals surface area contributed by atoms with Crippen molar-refractivity contribution in [2.24, 2.45) is 11.8 Å². The first-order valence-corrected chi connectivity index (χ1v) is 10.5. The average Bonchev–Trinajstić information content (AvgIpc) is 2.68. The van der Waals surface area contributed by atoms with E-state index in [1.807, 2.05) is 0 Å². The Labute approximate surface area is 166 Å². The van der Waals surface area contributed by atoms with Crippen molar-refractivity contribution in [3.8, 4) is 0 Å². The first-order chi connectivity index (χ1) is 13.1. The molecule has 6 heteroatoms. The molecule has 0 aliphatic carbocycles. The number of carbonyl (C=O) groups is 2. The summed E-state index contributed by atoms with van der Waals surface area (Å²) in [4.78, 5) is 30.0. The van der Waals surface area contributed by atoms with Crippen LogP contribution in [0.5, 0.6) is 0 Å². The standard InChI is InChI=1S/C21H28ClN3O2/c1-2-24-12-15-10-16(13-24)19(25-18(15)4-3-5-20(25)26)11-23-21(27)14-6-8-17(22)9-7-14/h6-9,15-16,18-19H,2-5,10-13H2,1H3,(H,23,27)/t15-,16+,18+,19+/m1/s1. The van der Waals surface area contributed by atoms with E-state index in [9.17, 15) is 9.59 Å². The Bertz CT molecular complexity index is 708. The van der Waals surface area contributed by atoms with Crippen LogP contribution in [0.15, 0.2) is 24.3 Å². The van der Waals surface area contributed by atoms with Gasteiger partial charge in [-0.3, -0.25) is 9.59 Å². The van der Waals surface area contributed by atoms with E-state index >= 15 is 0 Å². The maximum Gasteiger partial charge on any atom is 0.251 e. The van der Waals surface area contributed by atoms with Crippen molar-refractivity contribution >= 4 is 23.4 Å². The highest BCUT2D eigenvalue weighted by Crippen LogP contribution is 2.41. The number of hydrogen-bond acceptors (Lipinski definition) is 3. The fraction of sp³-hybridized carbons (Fsp3) is 0.619. The summed E-state index contributed by atoms with van der Waals surface area (Å²) in [5.41, 5.74) is 0.605. The Morgan fingerprint density at radius 1 is 1.22 bits per heavy atom. The third kappa shape index (κ3) is 3.72. The van der Waals surface area contributed by atoms with E-state index in [0.29, 0.717) is 41.4 Å². The predicted octanol–water partition coefficient (Wildman–Crippen LogP) is 2.79. The molecule has 4 rings (SSSR count). The van der Waals surface area contributed by atoms with Gasteiger partial charge in [-0.05, 0) is 61.9 Å². The Morgan fingerprint density at radius 3 is 2.70 bits per heavy atom. The Morgan fingerprint density at radius 2 is 1.96 bits per heavy atom. The number of carbonyl (C=O) groups excluding carboxylic acids is 2. The molecule has 0 radical (unpaired) electrons. The molecule has 0 aromatic heterocycles. The SMILES string of the molecule is CCN1C[C@H]2C[C@@H](C1)[C@H](CNC(=O)c1ccc(Cl)cc1)N1C(=O)CCC[C@@H]21. The molecule has 3 saturated heterocycles. The molecule has 1 aromatic rings. The molecule has 3 aliphatic rings. The molecule has 2 amide bonds. The number of nitrogens with one attached hydrogen (secondary N) is 1. The van der Waals surface area contributed by atoms with Gasteiger partial charge in [-0.15, -0.1) is 0 Å². The third-order valence-electron chi connectivity index (χ3n) is 6.60. The van der Waals surface area contributed by atoms with Gasteiger partial charge in [-0.25, -0.2) is 0 Å². The molecule has 3 fully saturated rings. The van der Waals surface area contributed by atoms with Gasteiger partial charge in [0.15, 0.2) is 0 Å². The van der Waals surface area contributed by atoms with Crippen molar-refractivity contribution < 1.29 is 9.59 Å². The highest BCUT2D eigenvalue weighted by Gasteiger charge is 2.49. The lowest BCUT2D eigenvalue weighted by Crippen LogP contribution is -2.67. The second kappa shape index (κ2) is 7.80. The normalized spacial score (nSPS) is 30.7. The highest BCUT2D eigenvalue weighted by molar-refractivity contribution is 6.30. The van der Waals surface area contributed by atoms with Gasteiger partial charge in [0.25, 0.3) is 5.91 Å². The van der Waals surface area contributed by atoms with Crippen molar-refractivity contribution in [2.45, 2.75) is 44.7 Å². The number of benzene rings is 1. The fourth-order valence-electron chi connectivity index (χ4n) is 5.29. The van der Waals surface area contributed by atoms with E-state index in [4.69, 9.17) is 11.6 Å². The summed E-state index contributed by atoms with van der Waals surface area (Å²) in [6, 6.07) is 7.38. The smallest absolute Gasteiger partial charge is 0.251 e. The van der Waals surface area contributed by atoms with Crippen LogP contribution >= 0.6 is 11.6 Å². The third-order valence-corrected chi connectivity index (χ3v) is 6.85. The predicted molar refractivity (Wildman–Crippen MR) is 106 cm³/mol. The van der Waals surface area contributed by atoms with Crippen LogP contribution in [-0.4, -0.2) is 59.9 Å². The van der Waals surface area contributed by atoms with E-state index in [1.54, 1.807) is 24.3 Å². The number of likely N-dealkylation sites (tertiary alicyclic amines) is 1. The van der Waals surface area contributed by atoms with Gasteiger partial charge in [-0.1, -0.05) is 18.5 Å². The first kappa shape index (κ1) is 18.8. The first-order valence-electron chi connectivity index (χ1n) is 10.1. The quantitative estimate of drug-likeness (QED) is 0.861. The number of amides is 2. The van der Waals surface area contributed by atoms with Gasteiger partial charge < -0.3 is 15.1 Å². The van der Waals surface area contributed by atoms with Crippen LogP contribution in [0.1, 0.15) is 43.0 Å². The second-order valence-electron chi connectivity index (χ2n) is 8.15. The molecule has 0 saturated carbocycles.